The molecule has 1 aliphatic heterocycles. The zero-order chi connectivity index (χ0) is 19.5. The Morgan fingerprint density at radius 3 is 2.89 bits per heavy atom. The van der Waals surface area contributed by atoms with E-state index >= 15 is 0 Å². The lowest BCUT2D eigenvalue weighted by Crippen LogP contribution is -2.42. The van der Waals surface area contributed by atoms with Crippen LogP contribution in [0.4, 0.5) is 5.95 Å². The highest BCUT2D eigenvalue weighted by Gasteiger charge is 2.28. The van der Waals surface area contributed by atoms with Gasteiger partial charge in [-0.3, -0.25) is 9.69 Å². The number of carbonyl (C=O) groups excluding carboxylic acids is 1. The number of ether oxygens (including phenoxy) is 1. The summed E-state index contributed by atoms with van der Waals surface area (Å²) in [4.78, 5) is 23.4. The normalized spacial score (nSPS) is 16.4. The predicted octanol–water partition coefficient (Wildman–Crippen LogP) is 2.62. The van der Waals surface area contributed by atoms with Crippen LogP contribution in [-0.4, -0.2) is 34.4 Å². The second kappa shape index (κ2) is 7.95. The fourth-order valence-corrected chi connectivity index (χ4v) is 4.00. The van der Waals surface area contributed by atoms with Gasteiger partial charge in [0.15, 0.2) is 0 Å². The van der Waals surface area contributed by atoms with Crippen LogP contribution in [0.3, 0.4) is 0 Å². The van der Waals surface area contributed by atoms with Gasteiger partial charge in [-0.05, 0) is 29.1 Å². The molecule has 144 valence electrons. The molecule has 1 amide bonds. The number of methoxy groups -OCH3 is 1. The van der Waals surface area contributed by atoms with Crippen LogP contribution in [0.5, 0.6) is 5.75 Å². The highest BCUT2D eigenvalue weighted by atomic mass is 32.1. The Bertz CT molecular complexity index is 959. The molecule has 1 atom stereocenters. The third-order valence-electron chi connectivity index (χ3n) is 4.76. The van der Waals surface area contributed by atoms with E-state index in [1.54, 1.807) is 13.3 Å². The van der Waals surface area contributed by atoms with E-state index < -0.39 is 0 Å². The number of aromatic nitrogens is 2. The molecular formula is C20H21N5O2S. The summed E-state index contributed by atoms with van der Waals surface area (Å²) in [5, 5.41) is 6.85. The second-order valence-corrected chi connectivity index (χ2v) is 7.47. The quantitative estimate of drug-likeness (QED) is 0.690. The van der Waals surface area contributed by atoms with E-state index in [-0.39, 0.29) is 17.9 Å². The first-order chi connectivity index (χ1) is 13.6. The predicted molar refractivity (Wildman–Crippen MR) is 108 cm³/mol. The topological polar surface area (TPSA) is 93.4 Å². The largest absolute Gasteiger partial charge is 0.497 e. The average molecular weight is 395 g/mol. The van der Waals surface area contributed by atoms with Crippen LogP contribution < -0.4 is 15.8 Å². The van der Waals surface area contributed by atoms with Gasteiger partial charge in [-0.15, -0.1) is 0 Å². The first-order valence-electron chi connectivity index (χ1n) is 8.92. The van der Waals surface area contributed by atoms with Crippen LogP contribution in [0.1, 0.15) is 33.2 Å². The standard InChI is InChI=1S/C20H21N5O2S/c1-27-15-4-2-13(3-5-15)9-25-10-17(23-19(26)14-6-7-28-12-14)16-8-22-20(21)24-18(16)11-25/h2-8,12,17H,9-11H2,1H3,(H,23,26)(H2,21,22,24). The maximum atomic E-state index is 12.6. The third kappa shape index (κ3) is 3.97. The molecule has 0 saturated carbocycles. The van der Waals surface area contributed by atoms with Crippen molar-refractivity contribution in [3.63, 3.8) is 0 Å². The minimum atomic E-state index is -0.199. The Balaban J connectivity index is 1.55. The molecule has 1 aromatic carbocycles. The summed E-state index contributed by atoms with van der Waals surface area (Å²) in [5.41, 5.74) is 9.39. The number of nitrogens with two attached hydrogens (primary N) is 1. The van der Waals surface area contributed by atoms with E-state index in [9.17, 15) is 4.79 Å². The summed E-state index contributed by atoms with van der Waals surface area (Å²) in [5.74, 6) is 0.974. The number of hydrogen-bond acceptors (Lipinski definition) is 7. The lowest BCUT2D eigenvalue weighted by atomic mass is 10.00. The van der Waals surface area contributed by atoms with E-state index in [0.717, 1.165) is 29.1 Å². The summed E-state index contributed by atoms with van der Waals surface area (Å²) >= 11 is 1.50. The van der Waals surface area contributed by atoms with Crippen molar-refractivity contribution in [1.82, 2.24) is 20.2 Å². The molecule has 0 fully saturated rings. The lowest BCUT2D eigenvalue weighted by molar-refractivity contribution is 0.0913. The van der Waals surface area contributed by atoms with Crippen molar-refractivity contribution in [3.05, 3.63) is 69.7 Å². The maximum Gasteiger partial charge on any atom is 0.252 e. The molecule has 3 aromatic rings. The average Bonchev–Trinajstić information content (AvgIpc) is 3.23. The number of thiophene rings is 1. The van der Waals surface area contributed by atoms with E-state index in [0.29, 0.717) is 18.7 Å². The second-order valence-electron chi connectivity index (χ2n) is 6.69. The van der Waals surface area contributed by atoms with Crippen LogP contribution in [0.25, 0.3) is 0 Å². The number of nitrogens with one attached hydrogen (secondary N) is 1. The van der Waals surface area contributed by atoms with Gasteiger partial charge in [0.2, 0.25) is 5.95 Å². The molecule has 4 rings (SSSR count). The number of fused-ring (bicyclic) bond motifs is 1. The first-order valence-corrected chi connectivity index (χ1v) is 9.86. The molecule has 2 aromatic heterocycles. The van der Waals surface area contributed by atoms with Crippen molar-refractivity contribution in [2.45, 2.75) is 19.1 Å². The van der Waals surface area contributed by atoms with Gasteiger partial charge >= 0.3 is 0 Å². The van der Waals surface area contributed by atoms with E-state index in [1.165, 1.54) is 11.3 Å². The van der Waals surface area contributed by atoms with Gasteiger partial charge in [0.25, 0.3) is 5.91 Å². The summed E-state index contributed by atoms with van der Waals surface area (Å²) < 4.78 is 5.22. The van der Waals surface area contributed by atoms with Crippen molar-refractivity contribution in [1.29, 1.82) is 0 Å². The monoisotopic (exact) mass is 395 g/mol. The lowest BCUT2D eigenvalue weighted by Gasteiger charge is -2.34. The molecular weight excluding hydrogens is 374 g/mol. The molecule has 0 saturated heterocycles. The van der Waals surface area contributed by atoms with Crippen molar-refractivity contribution in [3.8, 4) is 5.75 Å². The number of benzene rings is 1. The minimum absolute atomic E-state index is 0.0969. The third-order valence-corrected chi connectivity index (χ3v) is 5.45. The summed E-state index contributed by atoms with van der Waals surface area (Å²) in [6.07, 6.45) is 1.72. The van der Waals surface area contributed by atoms with E-state index in [4.69, 9.17) is 10.5 Å². The van der Waals surface area contributed by atoms with Crippen molar-refractivity contribution in [2.75, 3.05) is 19.4 Å². The number of nitrogens with zero attached hydrogens (tertiary/aromatic N) is 3. The number of carbonyl (C=O) groups is 1. The number of amides is 1. The molecule has 0 radical (unpaired) electrons. The molecule has 1 aliphatic rings. The molecule has 3 N–H and O–H groups in total. The van der Waals surface area contributed by atoms with E-state index in [1.807, 2.05) is 41.1 Å². The molecule has 1 unspecified atom stereocenters. The fourth-order valence-electron chi connectivity index (χ4n) is 3.36. The summed E-state index contributed by atoms with van der Waals surface area (Å²) in [7, 11) is 1.65. The van der Waals surface area contributed by atoms with E-state index in [2.05, 4.69) is 20.2 Å². The van der Waals surface area contributed by atoms with Crippen LogP contribution in [0, 0.1) is 0 Å². The smallest absolute Gasteiger partial charge is 0.252 e. The van der Waals surface area contributed by atoms with Gasteiger partial charge in [-0.25, -0.2) is 9.97 Å². The SMILES string of the molecule is COc1ccc(CN2Cc3nc(N)ncc3C(NC(=O)c3ccsc3)C2)cc1. The molecule has 0 bridgehead atoms. The van der Waals surface area contributed by atoms with Crippen molar-refractivity contribution in [2.24, 2.45) is 0 Å². The van der Waals surface area contributed by atoms with Gasteiger partial charge in [0.1, 0.15) is 5.75 Å². The zero-order valence-electron chi connectivity index (χ0n) is 15.5. The zero-order valence-corrected chi connectivity index (χ0v) is 16.3. The summed E-state index contributed by atoms with van der Waals surface area (Å²) in [6.45, 7) is 2.05. The molecule has 3 heterocycles. The van der Waals surface area contributed by atoms with Crippen molar-refractivity contribution >= 4 is 23.2 Å². The Labute approximate surface area is 167 Å². The van der Waals surface area contributed by atoms with Gasteiger partial charge in [-0.2, -0.15) is 11.3 Å². The Morgan fingerprint density at radius 2 is 2.18 bits per heavy atom. The highest BCUT2D eigenvalue weighted by Crippen LogP contribution is 2.27. The fraction of sp³-hybridized carbons (Fsp3) is 0.250. The Kier molecular flexibility index (Phi) is 5.23. The Morgan fingerprint density at radius 1 is 1.36 bits per heavy atom. The minimum Gasteiger partial charge on any atom is -0.497 e. The molecule has 8 heteroatoms. The number of rotatable bonds is 5. The molecule has 0 aliphatic carbocycles. The van der Waals surface area contributed by atoms with Gasteiger partial charge in [-0.1, -0.05) is 12.1 Å². The number of anilines is 1. The van der Waals surface area contributed by atoms with Gasteiger partial charge in [0.05, 0.1) is 24.4 Å². The van der Waals surface area contributed by atoms with Crippen LogP contribution in [0.2, 0.25) is 0 Å². The highest BCUT2D eigenvalue weighted by molar-refractivity contribution is 7.08. The Hall–Kier alpha value is -2.97. The van der Waals surface area contributed by atoms with Crippen LogP contribution >= 0.6 is 11.3 Å². The van der Waals surface area contributed by atoms with Crippen LogP contribution in [-0.2, 0) is 13.1 Å². The van der Waals surface area contributed by atoms with Crippen molar-refractivity contribution < 1.29 is 9.53 Å². The van der Waals surface area contributed by atoms with Gasteiger partial charge in [0, 0.05) is 36.8 Å². The maximum absolute atomic E-state index is 12.6. The van der Waals surface area contributed by atoms with Gasteiger partial charge < -0.3 is 15.8 Å². The van der Waals surface area contributed by atoms with Crippen LogP contribution in [0.15, 0.2) is 47.3 Å². The number of nitrogen functional groups attached to an aromatic ring is 1. The molecule has 0 spiro atoms. The summed E-state index contributed by atoms with van der Waals surface area (Å²) in [6, 6.07) is 9.60. The first kappa shape index (κ1) is 18.4. The molecule has 28 heavy (non-hydrogen) atoms. The molecule has 7 nitrogen and oxygen atoms in total. The number of hydrogen-bond donors (Lipinski definition) is 2.